The number of benzene rings is 2. The van der Waals surface area contributed by atoms with Crippen LogP contribution in [0.2, 0.25) is 0 Å². The van der Waals surface area contributed by atoms with Crippen molar-refractivity contribution in [2.75, 3.05) is 46.6 Å². The standard InChI is InChI=1S/C26H32FN3O5/c1-20-14-28-30(15-20)9-11-34-25-12-21(6-7-24(25)32-2)16-29-8-10-33-18-26(31,17-29)19-35-23-5-3-4-22(27)13-23/h3-7,12-15,31H,8-11,16-19H2,1-2H3/t26-/m1/s1. The SMILES string of the molecule is COc1ccc(CN2CCOC[C@@](O)(COc3cccc(F)c3)C2)cc1OCCn1cc(C)cn1. The number of hydrogen-bond donors (Lipinski definition) is 1. The van der Waals surface area contributed by atoms with Crippen LogP contribution >= 0.6 is 0 Å². The fraction of sp³-hybridized carbons (Fsp3) is 0.423. The van der Waals surface area contributed by atoms with Gasteiger partial charge < -0.3 is 24.1 Å². The summed E-state index contributed by atoms with van der Waals surface area (Å²) in [4.78, 5) is 2.11. The van der Waals surface area contributed by atoms with Gasteiger partial charge in [-0.1, -0.05) is 12.1 Å². The highest BCUT2D eigenvalue weighted by atomic mass is 19.1. The highest BCUT2D eigenvalue weighted by molar-refractivity contribution is 5.43. The molecular formula is C26H32FN3O5. The van der Waals surface area contributed by atoms with Crippen molar-refractivity contribution in [3.05, 3.63) is 71.8 Å². The second-order valence-corrected chi connectivity index (χ2v) is 8.85. The first-order valence-electron chi connectivity index (χ1n) is 11.6. The molecule has 0 bridgehead atoms. The molecule has 1 saturated heterocycles. The van der Waals surface area contributed by atoms with E-state index in [-0.39, 0.29) is 19.0 Å². The van der Waals surface area contributed by atoms with Gasteiger partial charge in [0.2, 0.25) is 0 Å². The largest absolute Gasteiger partial charge is 0.493 e. The van der Waals surface area contributed by atoms with E-state index in [1.165, 1.54) is 12.1 Å². The lowest BCUT2D eigenvalue weighted by Gasteiger charge is -2.30. The summed E-state index contributed by atoms with van der Waals surface area (Å²) < 4.78 is 38.1. The van der Waals surface area contributed by atoms with Gasteiger partial charge in [-0.25, -0.2) is 4.39 Å². The van der Waals surface area contributed by atoms with Crippen LogP contribution in [0.1, 0.15) is 11.1 Å². The summed E-state index contributed by atoms with van der Waals surface area (Å²) >= 11 is 0. The van der Waals surface area contributed by atoms with Crippen LogP contribution in [0.25, 0.3) is 0 Å². The Bertz CT molecular complexity index is 1110. The lowest BCUT2D eigenvalue weighted by Crippen LogP contribution is -2.48. The molecule has 0 saturated carbocycles. The number of aryl methyl sites for hydroxylation is 1. The summed E-state index contributed by atoms with van der Waals surface area (Å²) in [5.74, 6) is 1.30. The zero-order valence-corrected chi connectivity index (χ0v) is 20.2. The molecule has 0 amide bonds. The van der Waals surface area contributed by atoms with E-state index >= 15 is 0 Å². The normalized spacial score (nSPS) is 18.7. The molecule has 3 aromatic rings. The molecule has 9 heteroatoms. The number of aromatic nitrogens is 2. The molecule has 35 heavy (non-hydrogen) atoms. The van der Waals surface area contributed by atoms with Crippen molar-refractivity contribution < 1.29 is 28.4 Å². The molecular weight excluding hydrogens is 453 g/mol. The molecule has 188 valence electrons. The molecule has 1 atom stereocenters. The smallest absolute Gasteiger partial charge is 0.161 e. The Morgan fingerprint density at radius 2 is 2.06 bits per heavy atom. The van der Waals surface area contributed by atoms with Crippen molar-refractivity contribution in [2.45, 2.75) is 25.6 Å². The first-order valence-corrected chi connectivity index (χ1v) is 11.6. The van der Waals surface area contributed by atoms with Gasteiger partial charge in [-0.15, -0.1) is 0 Å². The maximum Gasteiger partial charge on any atom is 0.161 e. The third-order valence-electron chi connectivity index (χ3n) is 5.72. The van der Waals surface area contributed by atoms with Crippen LogP contribution < -0.4 is 14.2 Å². The number of rotatable bonds is 10. The van der Waals surface area contributed by atoms with E-state index in [1.54, 1.807) is 19.2 Å². The van der Waals surface area contributed by atoms with Gasteiger partial charge >= 0.3 is 0 Å². The fourth-order valence-electron chi connectivity index (χ4n) is 4.02. The topological polar surface area (TPSA) is 78.2 Å². The number of ether oxygens (including phenoxy) is 4. The van der Waals surface area contributed by atoms with E-state index in [0.29, 0.717) is 56.6 Å². The Hall–Kier alpha value is -3.14. The molecule has 0 unspecified atom stereocenters. The van der Waals surface area contributed by atoms with Gasteiger partial charge in [-0.05, 0) is 42.3 Å². The Morgan fingerprint density at radius 3 is 2.83 bits per heavy atom. The second-order valence-electron chi connectivity index (χ2n) is 8.85. The molecule has 8 nitrogen and oxygen atoms in total. The van der Waals surface area contributed by atoms with Crippen molar-refractivity contribution in [1.82, 2.24) is 14.7 Å². The van der Waals surface area contributed by atoms with Gasteiger partial charge in [-0.2, -0.15) is 5.10 Å². The molecule has 1 fully saturated rings. The molecule has 1 N–H and O–H groups in total. The zero-order chi connectivity index (χ0) is 24.7. The number of aliphatic hydroxyl groups is 1. The maximum absolute atomic E-state index is 13.5. The minimum Gasteiger partial charge on any atom is -0.493 e. The quantitative estimate of drug-likeness (QED) is 0.473. The molecule has 1 aliphatic heterocycles. The van der Waals surface area contributed by atoms with E-state index in [9.17, 15) is 9.50 Å². The Labute approximate surface area is 204 Å². The predicted molar refractivity (Wildman–Crippen MR) is 128 cm³/mol. The molecule has 0 aliphatic carbocycles. The van der Waals surface area contributed by atoms with Crippen molar-refractivity contribution in [2.24, 2.45) is 0 Å². The van der Waals surface area contributed by atoms with Crippen LogP contribution in [0.4, 0.5) is 4.39 Å². The van der Waals surface area contributed by atoms with Crippen LogP contribution in [-0.4, -0.2) is 72.0 Å². The summed E-state index contributed by atoms with van der Waals surface area (Å²) in [6.45, 7) is 5.30. The van der Waals surface area contributed by atoms with Crippen molar-refractivity contribution in [3.63, 3.8) is 0 Å². The molecule has 1 aliphatic rings. The molecule has 2 aromatic carbocycles. The minimum atomic E-state index is -1.23. The fourth-order valence-corrected chi connectivity index (χ4v) is 4.02. The summed E-state index contributed by atoms with van der Waals surface area (Å²) in [7, 11) is 1.61. The lowest BCUT2D eigenvalue weighted by molar-refractivity contribution is -0.0647. The van der Waals surface area contributed by atoms with Gasteiger partial charge in [0.05, 0.1) is 33.1 Å². The second kappa shape index (κ2) is 11.5. The van der Waals surface area contributed by atoms with E-state index in [0.717, 1.165) is 11.1 Å². The number of halogens is 1. The molecule has 0 spiro atoms. The van der Waals surface area contributed by atoms with Crippen molar-refractivity contribution in [1.29, 1.82) is 0 Å². The van der Waals surface area contributed by atoms with Crippen molar-refractivity contribution >= 4 is 0 Å². The Morgan fingerprint density at radius 1 is 1.17 bits per heavy atom. The van der Waals surface area contributed by atoms with Gasteiger partial charge in [-0.3, -0.25) is 9.58 Å². The van der Waals surface area contributed by atoms with E-state index < -0.39 is 5.60 Å². The van der Waals surface area contributed by atoms with Gasteiger partial charge in [0.15, 0.2) is 11.5 Å². The molecule has 1 aromatic heterocycles. The lowest BCUT2D eigenvalue weighted by atomic mass is 10.1. The van der Waals surface area contributed by atoms with Gasteiger partial charge in [0, 0.05) is 31.9 Å². The Kier molecular flexibility index (Phi) is 8.22. The third-order valence-corrected chi connectivity index (χ3v) is 5.72. The van der Waals surface area contributed by atoms with E-state index in [1.807, 2.05) is 42.2 Å². The van der Waals surface area contributed by atoms with Crippen LogP contribution in [0.15, 0.2) is 54.9 Å². The number of β-amino-alcohol motifs (C(OH)–C–C–N with tert-alkyl or cyclic N) is 1. The number of nitrogens with zero attached hydrogens (tertiary/aromatic N) is 3. The van der Waals surface area contributed by atoms with E-state index in [4.69, 9.17) is 18.9 Å². The van der Waals surface area contributed by atoms with Crippen LogP contribution in [-0.2, 0) is 17.8 Å². The number of hydrogen-bond acceptors (Lipinski definition) is 7. The van der Waals surface area contributed by atoms with Crippen molar-refractivity contribution in [3.8, 4) is 17.2 Å². The maximum atomic E-state index is 13.5. The highest BCUT2D eigenvalue weighted by Gasteiger charge is 2.33. The average Bonchev–Trinajstić information content (AvgIpc) is 3.16. The van der Waals surface area contributed by atoms with Crippen LogP contribution in [0.5, 0.6) is 17.2 Å². The van der Waals surface area contributed by atoms with Crippen LogP contribution in [0.3, 0.4) is 0 Å². The predicted octanol–water partition coefficient (Wildman–Crippen LogP) is 3.06. The molecule has 4 rings (SSSR count). The Balaban J connectivity index is 1.37. The van der Waals surface area contributed by atoms with Gasteiger partial charge in [0.1, 0.15) is 30.4 Å². The van der Waals surface area contributed by atoms with Crippen LogP contribution in [0, 0.1) is 12.7 Å². The summed E-state index contributed by atoms with van der Waals surface area (Å²) in [6, 6.07) is 11.7. The van der Waals surface area contributed by atoms with E-state index in [2.05, 4.69) is 10.00 Å². The summed E-state index contributed by atoms with van der Waals surface area (Å²) in [5.41, 5.74) is 0.898. The zero-order valence-electron chi connectivity index (χ0n) is 20.2. The monoisotopic (exact) mass is 485 g/mol. The summed E-state index contributed by atoms with van der Waals surface area (Å²) in [6.07, 6.45) is 3.79. The molecule has 0 radical (unpaired) electrons. The number of methoxy groups -OCH3 is 1. The third kappa shape index (κ3) is 7.17. The first-order chi connectivity index (χ1) is 16.9. The summed E-state index contributed by atoms with van der Waals surface area (Å²) in [5, 5.41) is 15.4. The van der Waals surface area contributed by atoms with Gasteiger partial charge in [0.25, 0.3) is 0 Å². The highest BCUT2D eigenvalue weighted by Crippen LogP contribution is 2.29. The first kappa shape index (κ1) is 25.0. The average molecular weight is 486 g/mol. The molecule has 2 heterocycles. The minimum absolute atomic E-state index is 0.00315.